The quantitative estimate of drug-likeness (QED) is 0.694. The van der Waals surface area contributed by atoms with E-state index in [1.54, 1.807) is 4.90 Å². The summed E-state index contributed by atoms with van der Waals surface area (Å²) in [7, 11) is 0. The van der Waals surface area contributed by atoms with Crippen LogP contribution in [0, 0.1) is 0 Å². The molecule has 8 heteroatoms. The van der Waals surface area contributed by atoms with Crippen molar-refractivity contribution in [3.63, 3.8) is 0 Å². The number of nitrogens with one attached hydrogen (secondary N) is 2. The van der Waals surface area contributed by atoms with Crippen molar-refractivity contribution < 1.29 is 19.1 Å². The summed E-state index contributed by atoms with van der Waals surface area (Å²) in [6.07, 6.45) is 2.72. The average Bonchev–Trinajstić information content (AvgIpc) is 3.13. The Balaban J connectivity index is 0.00000180. The molecule has 0 bridgehead atoms. The lowest BCUT2D eigenvalue weighted by molar-refractivity contribution is -0.136. The maximum atomic E-state index is 12.9. The predicted octanol–water partition coefficient (Wildman–Crippen LogP) is 0.883. The molecule has 4 aliphatic heterocycles. The van der Waals surface area contributed by atoms with E-state index in [4.69, 9.17) is 4.74 Å². The number of amides is 3. The maximum absolute atomic E-state index is 12.9. The van der Waals surface area contributed by atoms with Gasteiger partial charge in [0.1, 0.15) is 11.8 Å². The van der Waals surface area contributed by atoms with E-state index in [0.29, 0.717) is 25.1 Å². The molecule has 0 aromatic heterocycles. The number of carbonyl (C=O) groups excluding carboxylic acids is 3. The number of imide groups is 1. The molecule has 2 N–H and O–H groups in total. The van der Waals surface area contributed by atoms with Gasteiger partial charge in [-0.1, -0.05) is 0 Å². The van der Waals surface area contributed by atoms with E-state index in [-0.39, 0.29) is 42.0 Å². The Labute approximate surface area is 163 Å². The van der Waals surface area contributed by atoms with E-state index in [2.05, 4.69) is 16.7 Å². The maximum Gasteiger partial charge on any atom is 0.255 e. The SMILES string of the molecule is Cl.O=C1CC[C@@H](N2Cc3cc4c(cc3C2=O)OCC42CCNCC2)C(=O)N1. The van der Waals surface area contributed by atoms with Crippen molar-refractivity contribution in [2.24, 2.45) is 0 Å². The Kier molecular flexibility index (Phi) is 4.39. The Bertz CT molecular complexity index is 834. The van der Waals surface area contributed by atoms with Crippen LogP contribution < -0.4 is 15.4 Å². The summed E-state index contributed by atoms with van der Waals surface area (Å²) in [5.41, 5.74) is 2.83. The lowest BCUT2D eigenvalue weighted by atomic mass is 9.74. The van der Waals surface area contributed by atoms with Gasteiger partial charge < -0.3 is 15.0 Å². The molecule has 2 fully saturated rings. The minimum Gasteiger partial charge on any atom is -0.492 e. The van der Waals surface area contributed by atoms with Crippen LogP contribution in [0.5, 0.6) is 5.75 Å². The van der Waals surface area contributed by atoms with Crippen molar-refractivity contribution in [3.05, 3.63) is 28.8 Å². The number of halogens is 1. The number of fused-ring (bicyclic) bond motifs is 3. The molecule has 0 unspecified atom stereocenters. The Hall–Kier alpha value is -2.12. The van der Waals surface area contributed by atoms with Gasteiger partial charge >= 0.3 is 0 Å². The van der Waals surface area contributed by atoms with Gasteiger partial charge in [-0.2, -0.15) is 0 Å². The topological polar surface area (TPSA) is 87.7 Å². The average molecular weight is 392 g/mol. The number of carbonyl (C=O) groups is 3. The van der Waals surface area contributed by atoms with E-state index in [9.17, 15) is 14.4 Å². The highest BCUT2D eigenvalue weighted by molar-refractivity contribution is 6.05. The van der Waals surface area contributed by atoms with Crippen LogP contribution in [-0.4, -0.2) is 48.4 Å². The zero-order chi connectivity index (χ0) is 17.9. The van der Waals surface area contributed by atoms with Crippen LogP contribution in [-0.2, 0) is 21.5 Å². The monoisotopic (exact) mass is 391 g/mol. The Morgan fingerprint density at radius 2 is 1.93 bits per heavy atom. The first-order valence-electron chi connectivity index (χ1n) is 9.23. The predicted molar refractivity (Wildman–Crippen MR) is 99.0 cm³/mol. The molecular formula is C19H22ClN3O4. The smallest absolute Gasteiger partial charge is 0.255 e. The first-order valence-corrected chi connectivity index (χ1v) is 9.23. The van der Waals surface area contributed by atoms with Crippen molar-refractivity contribution >= 4 is 30.1 Å². The molecule has 144 valence electrons. The molecule has 0 saturated carbocycles. The third kappa shape index (κ3) is 2.72. The van der Waals surface area contributed by atoms with Crippen molar-refractivity contribution in [3.8, 4) is 5.75 Å². The molecule has 4 heterocycles. The summed E-state index contributed by atoms with van der Waals surface area (Å²) < 4.78 is 5.96. The fourth-order valence-electron chi connectivity index (χ4n) is 4.74. The van der Waals surface area contributed by atoms with Crippen LogP contribution in [0.2, 0.25) is 0 Å². The van der Waals surface area contributed by atoms with Crippen LogP contribution in [0.15, 0.2) is 12.1 Å². The highest BCUT2D eigenvalue weighted by Gasteiger charge is 2.45. The van der Waals surface area contributed by atoms with Gasteiger partial charge in [0.05, 0.1) is 6.61 Å². The minimum atomic E-state index is -0.573. The molecule has 2 saturated heterocycles. The summed E-state index contributed by atoms with van der Waals surface area (Å²) in [5, 5.41) is 5.74. The first-order chi connectivity index (χ1) is 12.6. The van der Waals surface area contributed by atoms with E-state index >= 15 is 0 Å². The van der Waals surface area contributed by atoms with Crippen LogP contribution in [0.3, 0.4) is 0 Å². The fourth-order valence-corrected chi connectivity index (χ4v) is 4.74. The number of benzene rings is 1. The number of piperidine rings is 2. The molecule has 0 aliphatic carbocycles. The normalized spacial score (nSPS) is 25.6. The van der Waals surface area contributed by atoms with Gasteiger partial charge in [-0.05, 0) is 50.0 Å². The lowest BCUT2D eigenvalue weighted by Crippen LogP contribution is -2.52. The van der Waals surface area contributed by atoms with Crippen molar-refractivity contribution in [2.75, 3.05) is 19.7 Å². The standard InChI is InChI=1S/C19H21N3O4.ClH/c23-16-2-1-14(17(24)21-16)22-9-11-7-13-15(8-12(11)18(22)25)26-10-19(13)3-5-20-6-4-19;/h7-8,14,20H,1-6,9-10H2,(H,21,23,24);1H/t14-;/m1./s1. The molecule has 27 heavy (non-hydrogen) atoms. The molecule has 7 nitrogen and oxygen atoms in total. The van der Waals surface area contributed by atoms with E-state index in [0.717, 1.165) is 37.2 Å². The van der Waals surface area contributed by atoms with Gasteiger partial charge in [0.15, 0.2) is 0 Å². The largest absolute Gasteiger partial charge is 0.492 e. The molecule has 3 amide bonds. The molecule has 1 atom stereocenters. The van der Waals surface area contributed by atoms with Crippen LogP contribution in [0.4, 0.5) is 0 Å². The van der Waals surface area contributed by atoms with Gasteiger partial charge in [0, 0.05) is 29.5 Å². The Morgan fingerprint density at radius 1 is 1.15 bits per heavy atom. The van der Waals surface area contributed by atoms with Gasteiger partial charge in [0.25, 0.3) is 5.91 Å². The van der Waals surface area contributed by atoms with Crippen molar-refractivity contribution in [1.29, 1.82) is 0 Å². The third-order valence-corrected chi connectivity index (χ3v) is 6.26. The van der Waals surface area contributed by atoms with Crippen molar-refractivity contribution in [2.45, 2.75) is 43.7 Å². The molecule has 5 rings (SSSR count). The van der Waals surface area contributed by atoms with Crippen LogP contribution in [0.25, 0.3) is 0 Å². The molecule has 4 aliphatic rings. The van der Waals surface area contributed by atoms with Crippen LogP contribution in [0.1, 0.15) is 47.2 Å². The summed E-state index contributed by atoms with van der Waals surface area (Å²) in [4.78, 5) is 38.0. The molecular weight excluding hydrogens is 370 g/mol. The van der Waals surface area contributed by atoms with E-state index < -0.39 is 6.04 Å². The third-order valence-electron chi connectivity index (χ3n) is 6.26. The summed E-state index contributed by atoms with van der Waals surface area (Å²) in [5.74, 6) is 0.0212. The number of hydrogen-bond donors (Lipinski definition) is 2. The minimum absolute atomic E-state index is 0. The first kappa shape index (κ1) is 18.3. The number of rotatable bonds is 1. The fraction of sp³-hybridized carbons (Fsp3) is 0.526. The summed E-state index contributed by atoms with van der Waals surface area (Å²) >= 11 is 0. The Morgan fingerprint density at radius 3 is 2.67 bits per heavy atom. The second kappa shape index (κ2) is 6.49. The van der Waals surface area contributed by atoms with Gasteiger partial charge in [-0.3, -0.25) is 19.7 Å². The van der Waals surface area contributed by atoms with Crippen molar-refractivity contribution in [1.82, 2.24) is 15.5 Å². The van der Waals surface area contributed by atoms with Crippen LogP contribution >= 0.6 is 12.4 Å². The highest BCUT2D eigenvalue weighted by Crippen LogP contribution is 2.46. The van der Waals surface area contributed by atoms with Gasteiger partial charge in [-0.15, -0.1) is 12.4 Å². The van der Waals surface area contributed by atoms with Gasteiger partial charge in [-0.25, -0.2) is 0 Å². The molecule has 1 spiro atoms. The molecule has 1 aromatic carbocycles. The van der Waals surface area contributed by atoms with Gasteiger partial charge in [0.2, 0.25) is 11.8 Å². The number of hydrogen-bond acceptors (Lipinski definition) is 5. The lowest BCUT2D eigenvalue weighted by Gasteiger charge is -2.32. The highest BCUT2D eigenvalue weighted by atomic mass is 35.5. The zero-order valence-corrected chi connectivity index (χ0v) is 15.7. The van der Waals surface area contributed by atoms with E-state index in [1.807, 2.05) is 6.07 Å². The second-order valence-corrected chi connectivity index (χ2v) is 7.72. The number of nitrogens with zero attached hydrogens (tertiary/aromatic N) is 1. The summed E-state index contributed by atoms with van der Waals surface area (Å²) in [6, 6.07) is 3.40. The molecule has 1 aromatic rings. The molecule has 0 radical (unpaired) electrons. The summed E-state index contributed by atoms with van der Waals surface area (Å²) in [6.45, 7) is 3.04. The van der Waals surface area contributed by atoms with E-state index in [1.165, 1.54) is 5.56 Å². The zero-order valence-electron chi connectivity index (χ0n) is 14.9. The second-order valence-electron chi connectivity index (χ2n) is 7.72. The number of ether oxygens (including phenoxy) is 1.